The van der Waals surface area contributed by atoms with Crippen molar-refractivity contribution >= 4 is 11.9 Å². The highest BCUT2D eigenvalue weighted by atomic mass is 19.1. The molecule has 0 N–H and O–H groups in total. The Hall–Kier alpha value is -2.44. The molecule has 1 fully saturated rings. The summed E-state index contributed by atoms with van der Waals surface area (Å²) >= 11 is 0. The van der Waals surface area contributed by atoms with Crippen LogP contribution in [0.25, 0.3) is 0 Å². The fourth-order valence-corrected chi connectivity index (χ4v) is 2.98. The molecule has 25 heavy (non-hydrogen) atoms. The van der Waals surface area contributed by atoms with Crippen molar-refractivity contribution in [3.63, 3.8) is 0 Å². The number of aryl methyl sites for hydroxylation is 2. The lowest BCUT2D eigenvalue weighted by Crippen LogP contribution is -2.48. The normalized spacial score (nSPS) is 14.8. The lowest BCUT2D eigenvalue weighted by molar-refractivity contribution is -0.131. The van der Waals surface area contributed by atoms with E-state index < -0.39 is 0 Å². The minimum atomic E-state index is -0.214. The van der Waals surface area contributed by atoms with Gasteiger partial charge in [-0.3, -0.25) is 4.79 Å². The zero-order valence-electron chi connectivity index (χ0n) is 14.4. The Bertz CT molecular complexity index is 693. The predicted octanol–water partition coefficient (Wildman–Crippen LogP) is 2.58. The van der Waals surface area contributed by atoms with Crippen molar-refractivity contribution < 1.29 is 13.6 Å². The molecule has 1 amide bonds. The van der Waals surface area contributed by atoms with E-state index in [-0.39, 0.29) is 11.7 Å². The van der Waals surface area contributed by atoms with E-state index in [1.165, 1.54) is 12.1 Å². The summed E-state index contributed by atoms with van der Waals surface area (Å²) in [7, 11) is 0. The molecule has 1 aliphatic heterocycles. The molecule has 0 aliphatic carbocycles. The van der Waals surface area contributed by atoms with Crippen LogP contribution in [-0.2, 0) is 11.2 Å². The number of benzene rings is 1. The Labute approximate surface area is 146 Å². The highest BCUT2D eigenvalue weighted by Gasteiger charge is 2.23. The van der Waals surface area contributed by atoms with Gasteiger partial charge in [-0.05, 0) is 37.0 Å². The molecule has 0 radical (unpaired) electrons. The van der Waals surface area contributed by atoms with Gasteiger partial charge in [0.15, 0.2) is 0 Å². The molecule has 3 rings (SSSR count). The van der Waals surface area contributed by atoms with Crippen molar-refractivity contribution in [1.82, 2.24) is 15.1 Å². The van der Waals surface area contributed by atoms with E-state index in [2.05, 4.69) is 10.2 Å². The summed E-state index contributed by atoms with van der Waals surface area (Å²) < 4.78 is 18.3. The van der Waals surface area contributed by atoms with Gasteiger partial charge in [0.05, 0.1) is 0 Å². The van der Waals surface area contributed by atoms with Crippen molar-refractivity contribution in [1.29, 1.82) is 0 Å². The molecule has 134 valence electrons. The van der Waals surface area contributed by atoms with Crippen LogP contribution in [0, 0.1) is 12.7 Å². The van der Waals surface area contributed by atoms with Gasteiger partial charge in [0.25, 0.3) is 0 Å². The number of unbranched alkanes of at least 4 members (excludes halogenated alkanes) is 1. The Morgan fingerprint density at radius 2 is 1.84 bits per heavy atom. The van der Waals surface area contributed by atoms with Crippen LogP contribution in [0.15, 0.2) is 28.7 Å². The Morgan fingerprint density at radius 3 is 2.48 bits per heavy atom. The first kappa shape index (κ1) is 17.4. The van der Waals surface area contributed by atoms with E-state index in [1.807, 2.05) is 9.80 Å². The van der Waals surface area contributed by atoms with Crippen LogP contribution >= 0.6 is 0 Å². The standard InChI is InChI=1S/C18H23FN4O2/c1-14-20-21-18(25-14)23-12-10-22(11-13-23)17(24)5-3-2-4-15-6-8-16(19)9-7-15/h6-9H,2-5,10-13H2,1H3. The van der Waals surface area contributed by atoms with Crippen LogP contribution < -0.4 is 4.90 Å². The van der Waals surface area contributed by atoms with Gasteiger partial charge in [-0.15, -0.1) is 5.10 Å². The summed E-state index contributed by atoms with van der Waals surface area (Å²) in [5.41, 5.74) is 1.11. The molecule has 0 atom stereocenters. The Morgan fingerprint density at radius 1 is 1.12 bits per heavy atom. The maximum absolute atomic E-state index is 12.9. The maximum Gasteiger partial charge on any atom is 0.318 e. The van der Waals surface area contributed by atoms with Gasteiger partial charge in [0.2, 0.25) is 11.8 Å². The van der Waals surface area contributed by atoms with E-state index in [1.54, 1.807) is 19.1 Å². The minimum absolute atomic E-state index is 0.195. The summed E-state index contributed by atoms with van der Waals surface area (Å²) in [6.07, 6.45) is 3.20. The summed E-state index contributed by atoms with van der Waals surface area (Å²) in [6.45, 7) is 4.55. The molecule has 2 heterocycles. The van der Waals surface area contributed by atoms with Crippen LogP contribution in [-0.4, -0.2) is 47.2 Å². The second kappa shape index (κ2) is 8.09. The molecular formula is C18H23FN4O2. The van der Waals surface area contributed by atoms with Crippen LogP contribution in [0.5, 0.6) is 0 Å². The number of carbonyl (C=O) groups excluding carboxylic acids is 1. The fourth-order valence-electron chi connectivity index (χ4n) is 2.98. The number of halogens is 1. The van der Waals surface area contributed by atoms with Gasteiger partial charge in [0.1, 0.15) is 5.82 Å². The van der Waals surface area contributed by atoms with E-state index in [0.717, 1.165) is 24.8 Å². The number of aromatic nitrogens is 2. The number of rotatable bonds is 6. The molecule has 2 aromatic rings. The number of hydrogen-bond donors (Lipinski definition) is 0. The van der Waals surface area contributed by atoms with Crippen molar-refractivity contribution in [2.75, 3.05) is 31.1 Å². The van der Waals surface area contributed by atoms with Gasteiger partial charge in [-0.25, -0.2) is 4.39 Å². The number of anilines is 1. The van der Waals surface area contributed by atoms with E-state index >= 15 is 0 Å². The third-order valence-electron chi connectivity index (χ3n) is 4.44. The summed E-state index contributed by atoms with van der Waals surface area (Å²) in [5.74, 6) is 0.531. The summed E-state index contributed by atoms with van der Waals surface area (Å²) in [6, 6.07) is 7.09. The van der Waals surface area contributed by atoms with Gasteiger partial charge in [-0.1, -0.05) is 17.2 Å². The number of carbonyl (C=O) groups is 1. The van der Waals surface area contributed by atoms with Crippen molar-refractivity contribution in [2.45, 2.75) is 32.6 Å². The highest BCUT2D eigenvalue weighted by molar-refractivity contribution is 5.76. The highest BCUT2D eigenvalue weighted by Crippen LogP contribution is 2.15. The topological polar surface area (TPSA) is 62.5 Å². The summed E-state index contributed by atoms with van der Waals surface area (Å²) in [4.78, 5) is 16.2. The lowest BCUT2D eigenvalue weighted by atomic mass is 10.1. The van der Waals surface area contributed by atoms with Crippen LogP contribution in [0.4, 0.5) is 10.4 Å². The van der Waals surface area contributed by atoms with E-state index in [0.29, 0.717) is 44.5 Å². The molecule has 0 spiro atoms. The number of amides is 1. The predicted molar refractivity (Wildman–Crippen MR) is 91.8 cm³/mol. The molecule has 1 aromatic carbocycles. The Kier molecular flexibility index (Phi) is 5.63. The van der Waals surface area contributed by atoms with Gasteiger partial charge in [-0.2, -0.15) is 0 Å². The smallest absolute Gasteiger partial charge is 0.318 e. The minimum Gasteiger partial charge on any atom is -0.408 e. The van der Waals surface area contributed by atoms with E-state index in [4.69, 9.17) is 4.42 Å². The molecule has 7 heteroatoms. The van der Waals surface area contributed by atoms with Gasteiger partial charge < -0.3 is 14.2 Å². The number of piperazine rings is 1. The molecule has 1 saturated heterocycles. The first-order valence-electron chi connectivity index (χ1n) is 8.69. The van der Waals surface area contributed by atoms with Crippen LogP contribution in [0.2, 0.25) is 0 Å². The SMILES string of the molecule is Cc1nnc(N2CCN(C(=O)CCCCc3ccc(F)cc3)CC2)o1. The number of nitrogens with zero attached hydrogens (tertiary/aromatic N) is 4. The number of hydrogen-bond acceptors (Lipinski definition) is 5. The molecule has 0 unspecified atom stereocenters. The first-order chi connectivity index (χ1) is 12.1. The monoisotopic (exact) mass is 346 g/mol. The second-order valence-corrected chi connectivity index (χ2v) is 6.31. The van der Waals surface area contributed by atoms with Gasteiger partial charge >= 0.3 is 6.01 Å². The summed E-state index contributed by atoms with van der Waals surface area (Å²) in [5, 5.41) is 7.85. The molecule has 1 aromatic heterocycles. The average Bonchev–Trinajstić information content (AvgIpc) is 3.06. The molecule has 0 saturated carbocycles. The quantitative estimate of drug-likeness (QED) is 0.752. The molecule has 6 nitrogen and oxygen atoms in total. The van der Waals surface area contributed by atoms with Gasteiger partial charge in [0, 0.05) is 39.5 Å². The largest absolute Gasteiger partial charge is 0.408 e. The molecule has 1 aliphatic rings. The third-order valence-corrected chi connectivity index (χ3v) is 4.44. The average molecular weight is 346 g/mol. The lowest BCUT2D eigenvalue weighted by Gasteiger charge is -2.33. The van der Waals surface area contributed by atoms with E-state index in [9.17, 15) is 9.18 Å². The molecule has 0 bridgehead atoms. The molecular weight excluding hydrogens is 323 g/mol. The third kappa shape index (κ3) is 4.78. The van der Waals surface area contributed by atoms with Crippen molar-refractivity contribution in [3.8, 4) is 0 Å². The van der Waals surface area contributed by atoms with Crippen LogP contribution in [0.1, 0.15) is 30.7 Å². The zero-order valence-corrected chi connectivity index (χ0v) is 14.4. The first-order valence-corrected chi connectivity index (χ1v) is 8.69. The zero-order chi connectivity index (χ0) is 17.6. The Balaban J connectivity index is 1.36. The second-order valence-electron chi connectivity index (χ2n) is 6.31. The maximum atomic E-state index is 12.9. The van der Waals surface area contributed by atoms with Crippen molar-refractivity contribution in [3.05, 3.63) is 41.5 Å². The van der Waals surface area contributed by atoms with Crippen LogP contribution in [0.3, 0.4) is 0 Å². The fraction of sp³-hybridized carbons (Fsp3) is 0.500. The van der Waals surface area contributed by atoms with Crippen molar-refractivity contribution in [2.24, 2.45) is 0 Å².